The van der Waals surface area contributed by atoms with Crippen LogP contribution in [0.2, 0.25) is 0 Å². The van der Waals surface area contributed by atoms with Crippen molar-refractivity contribution in [3.05, 3.63) is 65.6 Å². The zero-order chi connectivity index (χ0) is 21.9. The predicted octanol–water partition coefficient (Wildman–Crippen LogP) is 3.26. The monoisotopic (exact) mass is 424 g/mol. The molecule has 9 heteroatoms. The lowest BCUT2D eigenvalue weighted by Crippen LogP contribution is -2.23. The predicted molar refractivity (Wildman–Crippen MR) is 118 cm³/mol. The second-order valence-corrected chi connectivity index (χ2v) is 6.89. The van der Waals surface area contributed by atoms with Gasteiger partial charge in [0.15, 0.2) is 18.1 Å². The Kier molecular flexibility index (Phi) is 8.36. The summed E-state index contributed by atoms with van der Waals surface area (Å²) in [7, 11) is 1.85. The van der Waals surface area contributed by atoms with Crippen molar-refractivity contribution in [2.45, 2.75) is 32.8 Å². The Hall–Kier alpha value is -3.46. The number of amides is 1. The molecule has 9 nitrogen and oxygen atoms in total. The van der Waals surface area contributed by atoms with E-state index >= 15 is 0 Å². The van der Waals surface area contributed by atoms with Crippen LogP contribution in [0.4, 0.5) is 5.82 Å². The summed E-state index contributed by atoms with van der Waals surface area (Å²) in [4.78, 5) is 22.1. The number of aromatic amines is 1. The van der Waals surface area contributed by atoms with E-state index in [0.29, 0.717) is 42.7 Å². The van der Waals surface area contributed by atoms with Crippen molar-refractivity contribution in [3.63, 3.8) is 0 Å². The van der Waals surface area contributed by atoms with Crippen LogP contribution < -0.4 is 5.32 Å². The highest BCUT2D eigenvalue weighted by atomic mass is 16.6. The minimum Gasteiger partial charge on any atom is -0.389 e. The van der Waals surface area contributed by atoms with E-state index in [1.165, 1.54) is 0 Å². The number of oxime groups is 1. The standard InChI is InChI=1S/C22H28N6O3/c1-3-30-15-8-7-14-20(29)24-19-13-9-12-18(23-19)16-31-26-21(22-25-27-28(22)2)17-10-5-4-6-11-17/h4-6,9-13,27H,3,7-8,14-16H2,1-2H3,(H,23,24,29)/b26-21-. The minimum atomic E-state index is -0.0648. The summed E-state index contributed by atoms with van der Waals surface area (Å²) in [6, 6.07) is 15.1. The first kappa shape index (κ1) is 22.2. The number of aromatic nitrogens is 4. The molecule has 2 N–H and O–H groups in total. The van der Waals surface area contributed by atoms with Crippen molar-refractivity contribution >= 4 is 17.4 Å². The lowest BCUT2D eigenvalue weighted by molar-refractivity contribution is -0.116. The average molecular weight is 425 g/mol. The molecule has 0 aliphatic carbocycles. The van der Waals surface area contributed by atoms with Gasteiger partial charge in [-0.2, -0.15) is 0 Å². The highest BCUT2D eigenvalue weighted by molar-refractivity contribution is 6.10. The summed E-state index contributed by atoms with van der Waals surface area (Å²) >= 11 is 0. The van der Waals surface area contributed by atoms with Crippen LogP contribution in [0.25, 0.3) is 0 Å². The number of nitrogens with one attached hydrogen (secondary N) is 2. The molecule has 31 heavy (non-hydrogen) atoms. The van der Waals surface area contributed by atoms with E-state index in [-0.39, 0.29) is 12.5 Å². The minimum absolute atomic E-state index is 0.0648. The van der Waals surface area contributed by atoms with Crippen LogP contribution in [-0.4, -0.2) is 44.8 Å². The van der Waals surface area contributed by atoms with Gasteiger partial charge in [-0.1, -0.05) is 41.6 Å². The Morgan fingerprint density at radius 3 is 2.71 bits per heavy atom. The highest BCUT2D eigenvalue weighted by Gasteiger charge is 2.15. The fraction of sp³-hybridized carbons (Fsp3) is 0.364. The smallest absolute Gasteiger partial charge is 0.225 e. The summed E-state index contributed by atoms with van der Waals surface area (Å²) in [6.07, 6.45) is 2.07. The molecule has 0 saturated heterocycles. The number of aryl methyl sites for hydroxylation is 1. The number of carbonyl (C=O) groups is 1. The molecule has 164 valence electrons. The number of benzene rings is 1. The lowest BCUT2D eigenvalue weighted by atomic mass is 10.1. The van der Waals surface area contributed by atoms with Gasteiger partial charge < -0.3 is 14.9 Å². The van der Waals surface area contributed by atoms with Crippen molar-refractivity contribution in [3.8, 4) is 0 Å². The average Bonchev–Trinajstić information content (AvgIpc) is 2.78. The van der Waals surface area contributed by atoms with Crippen molar-refractivity contribution in [1.82, 2.24) is 20.0 Å². The van der Waals surface area contributed by atoms with Crippen LogP contribution in [0.5, 0.6) is 0 Å². The van der Waals surface area contributed by atoms with Crippen molar-refractivity contribution in [1.29, 1.82) is 0 Å². The molecule has 0 unspecified atom stereocenters. The van der Waals surface area contributed by atoms with E-state index in [4.69, 9.17) is 9.57 Å². The maximum atomic E-state index is 12.1. The molecule has 0 atom stereocenters. The number of nitrogens with zero attached hydrogens (tertiary/aromatic N) is 4. The highest BCUT2D eigenvalue weighted by Crippen LogP contribution is 2.11. The normalized spacial score (nSPS) is 11.5. The Labute approximate surface area is 181 Å². The third-order valence-corrected chi connectivity index (χ3v) is 4.47. The van der Waals surface area contributed by atoms with Crippen LogP contribution in [-0.2, 0) is 28.0 Å². The second kappa shape index (κ2) is 11.7. The van der Waals surface area contributed by atoms with E-state index < -0.39 is 0 Å². The van der Waals surface area contributed by atoms with Gasteiger partial charge in [-0.05, 0) is 31.9 Å². The Balaban J connectivity index is 1.56. The third-order valence-electron chi connectivity index (χ3n) is 4.47. The van der Waals surface area contributed by atoms with Gasteiger partial charge in [0.1, 0.15) is 5.82 Å². The summed E-state index contributed by atoms with van der Waals surface area (Å²) in [6.45, 7) is 3.50. The molecule has 0 bridgehead atoms. The fourth-order valence-corrected chi connectivity index (χ4v) is 2.86. The summed E-state index contributed by atoms with van der Waals surface area (Å²) in [5.41, 5.74) is 2.18. The maximum absolute atomic E-state index is 12.1. The van der Waals surface area contributed by atoms with Crippen molar-refractivity contribution in [2.75, 3.05) is 18.5 Å². The summed E-state index contributed by atoms with van der Waals surface area (Å²) < 4.78 is 7.04. The molecule has 0 radical (unpaired) electrons. The van der Waals surface area contributed by atoms with Crippen LogP contribution in [0.15, 0.2) is 53.7 Å². The molecule has 0 aliphatic heterocycles. The number of H-pyrrole nitrogens is 1. The molecule has 0 aliphatic rings. The van der Waals surface area contributed by atoms with Crippen molar-refractivity contribution < 1.29 is 14.4 Å². The first-order valence-corrected chi connectivity index (χ1v) is 10.3. The zero-order valence-electron chi connectivity index (χ0n) is 17.9. The SMILES string of the molecule is CCOCCCCC(=O)Nc1cccc(CO/N=C(/c2ccccc2)c2n[nH]n2C)n1. The first-order chi connectivity index (χ1) is 15.2. The quantitative estimate of drug-likeness (QED) is 0.264. The van der Waals surface area contributed by atoms with Crippen molar-refractivity contribution in [2.24, 2.45) is 12.2 Å². The summed E-state index contributed by atoms with van der Waals surface area (Å²) in [5.74, 6) is 1.12. The lowest BCUT2D eigenvalue weighted by Gasteiger charge is -2.13. The Morgan fingerprint density at radius 2 is 2.00 bits per heavy atom. The molecule has 1 amide bonds. The van der Waals surface area contributed by atoms with Gasteiger partial charge in [-0.25, -0.2) is 10.2 Å². The Bertz CT molecular complexity index is 980. The van der Waals surface area contributed by atoms with E-state index in [9.17, 15) is 4.79 Å². The molecule has 2 heterocycles. The molecule has 0 saturated carbocycles. The van der Waals surface area contributed by atoms with Crippen LogP contribution >= 0.6 is 0 Å². The molecule has 0 fully saturated rings. The topological polar surface area (TPSA) is 106 Å². The van der Waals surface area contributed by atoms with E-state index in [1.54, 1.807) is 10.7 Å². The third kappa shape index (κ3) is 6.78. The molecule has 1 aromatic carbocycles. The van der Waals surface area contributed by atoms with Gasteiger partial charge in [-0.3, -0.25) is 9.48 Å². The van der Waals surface area contributed by atoms with Gasteiger partial charge in [0.25, 0.3) is 0 Å². The molecule has 3 aromatic rings. The number of anilines is 1. The van der Waals surface area contributed by atoms with E-state index in [2.05, 4.69) is 25.8 Å². The maximum Gasteiger partial charge on any atom is 0.225 e. The van der Waals surface area contributed by atoms with Crippen LogP contribution in [0.1, 0.15) is 43.3 Å². The van der Waals surface area contributed by atoms with Crippen LogP contribution in [0, 0.1) is 0 Å². The second-order valence-electron chi connectivity index (χ2n) is 6.89. The zero-order valence-corrected chi connectivity index (χ0v) is 17.9. The van der Waals surface area contributed by atoms with Gasteiger partial charge in [0.05, 0.1) is 5.69 Å². The van der Waals surface area contributed by atoms with E-state index in [0.717, 1.165) is 18.4 Å². The first-order valence-electron chi connectivity index (χ1n) is 10.3. The number of unbranched alkanes of at least 4 members (excludes halogenated alkanes) is 1. The Morgan fingerprint density at radius 1 is 1.16 bits per heavy atom. The van der Waals surface area contributed by atoms with Gasteiger partial charge in [-0.15, -0.1) is 5.10 Å². The number of ether oxygens (including phenoxy) is 1. The fourth-order valence-electron chi connectivity index (χ4n) is 2.86. The van der Waals surface area contributed by atoms with E-state index in [1.807, 2.05) is 56.4 Å². The molecule has 0 spiro atoms. The van der Waals surface area contributed by atoms with Gasteiger partial charge in [0.2, 0.25) is 5.91 Å². The summed E-state index contributed by atoms with van der Waals surface area (Å²) in [5, 5.41) is 14.0. The molecule has 2 aromatic heterocycles. The number of carbonyl (C=O) groups excluding carboxylic acids is 1. The van der Waals surface area contributed by atoms with Crippen LogP contribution in [0.3, 0.4) is 0 Å². The number of pyridine rings is 1. The number of hydrogen-bond acceptors (Lipinski definition) is 6. The van der Waals surface area contributed by atoms with Gasteiger partial charge >= 0.3 is 0 Å². The number of rotatable bonds is 12. The number of hydrogen-bond donors (Lipinski definition) is 2. The van der Waals surface area contributed by atoms with Gasteiger partial charge in [0, 0.05) is 32.2 Å². The molecular formula is C22H28N6O3. The molecular weight excluding hydrogens is 396 g/mol. The molecule has 3 rings (SSSR count). The largest absolute Gasteiger partial charge is 0.389 e.